The van der Waals surface area contributed by atoms with Gasteiger partial charge < -0.3 is 20.5 Å². The van der Waals surface area contributed by atoms with E-state index in [1.54, 1.807) is 0 Å². The molecule has 0 spiro atoms. The first-order valence-electron chi connectivity index (χ1n) is 9.26. The van der Waals surface area contributed by atoms with Crippen molar-refractivity contribution >= 4 is 5.96 Å². The Hall–Kier alpha value is -2.53. The minimum atomic E-state index is 0.108. The first-order chi connectivity index (χ1) is 12.8. The van der Waals surface area contributed by atoms with Gasteiger partial charge in [0.2, 0.25) is 0 Å². The lowest BCUT2D eigenvalue weighted by Gasteiger charge is -2.27. The second-order valence-corrected chi connectivity index (χ2v) is 6.85. The first-order valence-corrected chi connectivity index (χ1v) is 9.26. The Morgan fingerprint density at radius 2 is 1.85 bits per heavy atom. The maximum Gasteiger partial charge on any atom is 0.189 e. The number of aliphatic imine (C=N–C) groups is 1. The quantitative estimate of drug-likeness (QED) is 0.656. The largest absolute Gasteiger partial charge is 0.493 e. The standard InChI is InChI=1S/C21H25N3O2/c22-21(24-18-11-13-25-19-9-5-4-8-17(18)19)23-14-16-10-12-26-20(16)15-6-2-1-3-7-15/h1-9,16,18,20H,10-14H2,(H3,22,23,24)/t16-,18?,20-/m0/s1. The SMILES string of the molecule is NC(=NC[C@@H]1CCO[C@H]1c1ccccc1)NC1CCOc2ccccc21. The molecule has 2 aliphatic heterocycles. The minimum Gasteiger partial charge on any atom is -0.493 e. The molecule has 1 saturated heterocycles. The molecule has 2 aromatic carbocycles. The summed E-state index contributed by atoms with van der Waals surface area (Å²) in [6.45, 7) is 2.14. The van der Waals surface area contributed by atoms with E-state index in [1.165, 1.54) is 5.56 Å². The molecule has 2 heterocycles. The Morgan fingerprint density at radius 1 is 1.04 bits per heavy atom. The molecule has 5 nitrogen and oxygen atoms in total. The van der Waals surface area contributed by atoms with Crippen LogP contribution in [0, 0.1) is 5.92 Å². The van der Waals surface area contributed by atoms with Crippen LogP contribution >= 0.6 is 0 Å². The van der Waals surface area contributed by atoms with E-state index in [9.17, 15) is 0 Å². The smallest absolute Gasteiger partial charge is 0.189 e. The highest BCUT2D eigenvalue weighted by molar-refractivity contribution is 5.78. The van der Waals surface area contributed by atoms with Crippen molar-refractivity contribution in [3.8, 4) is 5.75 Å². The Balaban J connectivity index is 1.40. The molecule has 0 saturated carbocycles. The summed E-state index contributed by atoms with van der Waals surface area (Å²) in [6.07, 6.45) is 2.00. The van der Waals surface area contributed by atoms with Crippen molar-refractivity contribution in [2.75, 3.05) is 19.8 Å². The van der Waals surface area contributed by atoms with Crippen LogP contribution in [0.25, 0.3) is 0 Å². The molecule has 26 heavy (non-hydrogen) atoms. The van der Waals surface area contributed by atoms with Crippen molar-refractivity contribution in [1.29, 1.82) is 0 Å². The van der Waals surface area contributed by atoms with Crippen LogP contribution in [0.15, 0.2) is 59.6 Å². The van der Waals surface area contributed by atoms with Gasteiger partial charge in [0.1, 0.15) is 5.75 Å². The fourth-order valence-electron chi connectivity index (χ4n) is 3.76. The normalized spacial score (nSPS) is 25.4. The molecule has 2 aliphatic rings. The van der Waals surface area contributed by atoms with Crippen molar-refractivity contribution in [2.24, 2.45) is 16.6 Å². The molecule has 1 unspecified atom stereocenters. The van der Waals surface area contributed by atoms with Gasteiger partial charge in [-0.1, -0.05) is 48.5 Å². The molecule has 1 fully saturated rings. The molecule has 0 bridgehead atoms. The zero-order valence-corrected chi connectivity index (χ0v) is 14.8. The second-order valence-electron chi connectivity index (χ2n) is 6.85. The summed E-state index contributed by atoms with van der Waals surface area (Å²) in [7, 11) is 0. The number of hydrogen-bond donors (Lipinski definition) is 2. The highest BCUT2D eigenvalue weighted by Gasteiger charge is 2.29. The Morgan fingerprint density at radius 3 is 2.73 bits per heavy atom. The summed E-state index contributed by atoms with van der Waals surface area (Å²) >= 11 is 0. The van der Waals surface area contributed by atoms with Gasteiger partial charge in [0.25, 0.3) is 0 Å². The molecular weight excluding hydrogens is 326 g/mol. The number of fused-ring (bicyclic) bond motifs is 1. The number of nitrogens with two attached hydrogens (primary N) is 1. The lowest BCUT2D eigenvalue weighted by Crippen LogP contribution is -2.37. The maximum absolute atomic E-state index is 6.18. The predicted octanol–water partition coefficient (Wildman–Crippen LogP) is 3.19. The predicted molar refractivity (Wildman–Crippen MR) is 102 cm³/mol. The number of nitrogens with one attached hydrogen (secondary N) is 1. The van der Waals surface area contributed by atoms with Gasteiger partial charge in [-0.2, -0.15) is 0 Å². The zero-order valence-electron chi connectivity index (χ0n) is 14.8. The van der Waals surface area contributed by atoms with Crippen LogP contribution in [-0.2, 0) is 4.74 Å². The van der Waals surface area contributed by atoms with E-state index in [-0.39, 0.29) is 12.1 Å². The highest BCUT2D eigenvalue weighted by atomic mass is 16.5. The lowest BCUT2D eigenvalue weighted by molar-refractivity contribution is 0.0925. The van der Waals surface area contributed by atoms with Crippen LogP contribution in [0.5, 0.6) is 5.75 Å². The molecular formula is C21H25N3O2. The molecule has 0 radical (unpaired) electrons. The van der Waals surface area contributed by atoms with Crippen LogP contribution < -0.4 is 15.8 Å². The van der Waals surface area contributed by atoms with Crippen LogP contribution in [0.3, 0.4) is 0 Å². The number of guanidine groups is 1. The third-order valence-electron chi connectivity index (χ3n) is 5.12. The van der Waals surface area contributed by atoms with Gasteiger partial charge in [0.05, 0.1) is 18.8 Å². The number of para-hydroxylation sites is 1. The van der Waals surface area contributed by atoms with E-state index < -0.39 is 0 Å². The Kier molecular flexibility index (Phi) is 5.07. The number of hydrogen-bond acceptors (Lipinski definition) is 3. The van der Waals surface area contributed by atoms with E-state index in [1.807, 2.05) is 24.3 Å². The Bertz CT molecular complexity index is 763. The van der Waals surface area contributed by atoms with Gasteiger partial charge in [0, 0.05) is 31.1 Å². The van der Waals surface area contributed by atoms with E-state index in [0.29, 0.717) is 25.0 Å². The molecule has 3 N–H and O–H groups in total. The summed E-state index contributed by atoms with van der Waals surface area (Å²) in [6, 6.07) is 18.6. The van der Waals surface area contributed by atoms with Gasteiger partial charge >= 0.3 is 0 Å². The van der Waals surface area contributed by atoms with Gasteiger partial charge in [-0.3, -0.25) is 4.99 Å². The van der Waals surface area contributed by atoms with Crippen LogP contribution in [-0.4, -0.2) is 25.7 Å². The first kappa shape index (κ1) is 16.9. The number of benzene rings is 2. The third kappa shape index (κ3) is 3.68. The number of ether oxygens (including phenoxy) is 2. The molecule has 136 valence electrons. The molecule has 3 atom stereocenters. The van der Waals surface area contributed by atoms with Crippen molar-refractivity contribution < 1.29 is 9.47 Å². The molecule has 2 aromatic rings. The molecule has 0 aliphatic carbocycles. The molecule has 5 heteroatoms. The van der Waals surface area contributed by atoms with Crippen molar-refractivity contribution in [2.45, 2.75) is 25.0 Å². The van der Waals surface area contributed by atoms with Crippen LogP contribution in [0.1, 0.15) is 36.1 Å². The van der Waals surface area contributed by atoms with Gasteiger partial charge in [-0.15, -0.1) is 0 Å². The van der Waals surface area contributed by atoms with E-state index in [2.05, 4.69) is 40.6 Å². The van der Waals surface area contributed by atoms with Crippen molar-refractivity contribution in [3.05, 3.63) is 65.7 Å². The monoisotopic (exact) mass is 351 g/mol. The average Bonchev–Trinajstić information content (AvgIpc) is 3.16. The number of nitrogens with zero attached hydrogens (tertiary/aromatic N) is 1. The van der Waals surface area contributed by atoms with E-state index in [4.69, 9.17) is 15.2 Å². The number of rotatable bonds is 4. The van der Waals surface area contributed by atoms with Gasteiger partial charge in [-0.25, -0.2) is 0 Å². The lowest BCUT2D eigenvalue weighted by atomic mass is 9.95. The third-order valence-corrected chi connectivity index (χ3v) is 5.12. The summed E-state index contributed by atoms with van der Waals surface area (Å²) < 4.78 is 11.6. The summed E-state index contributed by atoms with van der Waals surface area (Å²) in [5, 5.41) is 3.36. The van der Waals surface area contributed by atoms with Gasteiger partial charge in [0.15, 0.2) is 5.96 Å². The van der Waals surface area contributed by atoms with E-state index in [0.717, 1.165) is 30.8 Å². The molecule has 0 amide bonds. The molecule has 4 rings (SSSR count). The topological polar surface area (TPSA) is 68.9 Å². The van der Waals surface area contributed by atoms with Crippen molar-refractivity contribution in [1.82, 2.24) is 5.32 Å². The zero-order chi connectivity index (χ0) is 17.8. The Labute approximate surface area is 154 Å². The summed E-state index contributed by atoms with van der Waals surface area (Å²) in [5.41, 5.74) is 8.54. The highest BCUT2D eigenvalue weighted by Crippen LogP contribution is 2.35. The fraction of sp³-hybridized carbons (Fsp3) is 0.381. The average molecular weight is 351 g/mol. The maximum atomic E-state index is 6.18. The van der Waals surface area contributed by atoms with Crippen LogP contribution in [0.4, 0.5) is 0 Å². The fourth-order valence-corrected chi connectivity index (χ4v) is 3.76. The van der Waals surface area contributed by atoms with Crippen molar-refractivity contribution in [3.63, 3.8) is 0 Å². The summed E-state index contributed by atoms with van der Waals surface area (Å²) in [5.74, 6) is 1.78. The summed E-state index contributed by atoms with van der Waals surface area (Å²) in [4.78, 5) is 4.61. The van der Waals surface area contributed by atoms with E-state index >= 15 is 0 Å². The van der Waals surface area contributed by atoms with Gasteiger partial charge in [-0.05, 0) is 18.1 Å². The minimum absolute atomic E-state index is 0.108. The second kappa shape index (κ2) is 7.79. The van der Waals surface area contributed by atoms with Crippen LogP contribution in [0.2, 0.25) is 0 Å². The molecule has 0 aromatic heterocycles.